The van der Waals surface area contributed by atoms with Crippen molar-refractivity contribution in [1.29, 1.82) is 0 Å². The topological polar surface area (TPSA) is 58.5 Å². The van der Waals surface area contributed by atoms with Gasteiger partial charge in [-0.3, -0.25) is 4.98 Å². The minimum atomic E-state index is 0.177. The van der Waals surface area contributed by atoms with Gasteiger partial charge in [-0.15, -0.1) is 0 Å². The van der Waals surface area contributed by atoms with Crippen LogP contribution in [0.1, 0.15) is 36.7 Å². The number of ether oxygens (including phenoxy) is 1. The van der Waals surface area contributed by atoms with Crippen LogP contribution in [-0.2, 0) is 13.2 Å². The Morgan fingerprint density at radius 2 is 1.76 bits per heavy atom. The minimum absolute atomic E-state index is 0.177. The highest BCUT2D eigenvalue weighted by molar-refractivity contribution is 5.80. The van der Waals surface area contributed by atoms with Crippen LogP contribution in [0.15, 0.2) is 84.0 Å². The second kappa shape index (κ2) is 10.9. The molecule has 1 atom stereocenters. The molecule has 2 aromatic carbocycles. The summed E-state index contributed by atoms with van der Waals surface area (Å²) in [6.07, 6.45) is 1.77. The largest absolute Gasteiger partial charge is 0.487 e. The van der Waals surface area contributed by atoms with Crippen molar-refractivity contribution in [3.63, 3.8) is 0 Å². The molecule has 0 aliphatic heterocycles. The average Bonchev–Trinajstić information content (AvgIpc) is 2.78. The number of aromatic nitrogens is 1. The van der Waals surface area contributed by atoms with Crippen molar-refractivity contribution in [3.05, 3.63) is 95.8 Å². The second-order valence-corrected chi connectivity index (χ2v) is 6.73. The third-order valence-corrected chi connectivity index (χ3v) is 4.45. The predicted octanol–water partition coefficient (Wildman–Crippen LogP) is 4.48. The van der Waals surface area contributed by atoms with E-state index >= 15 is 0 Å². The van der Waals surface area contributed by atoms with Gasteiger partial charge in [-0.2, -0.15) is 0 Å². The Hall–Kier alpha value is -3.34. The van der Waals surface area contributed by atoms with E-state index in [-0.39, 0.29) is 6.04 Å². The first kappa shape index (κ1) is 20.4. The van der Waals surface area contributed by atoms with Gasteiger partial charge in [0.2, 0.25) is 0 Å². The Kier molecular flexibility index (Phi) is 7.63. The summed E-state index contributed by atoms with van der Waals surface area (Å²) in [4.78, 5) is 8.98. The molecule has 1 aromatic heterocycles. The summed E-state index contributed by atoms with van der Waals surface area (Å²) in [6.45, 7) is 6.07. The van der Waals surface area contributed by atoms with Gasteiger partial charge >= 0.3 is 0 Å². The van der Waals surface area contributed by atoms with Crippen LogP contribution >= 0.6 is 0 Å². The van der Waals surface area contributed by atoms with E-state index in [4.69, 9.17) is 9.73 Å². The Morgan fingerprint density at radius 1 is 1.00 bits per heavy atom. The molecule has 0 bridgehead atoms. The Labute approximate surface area is 172 Å². The van der Waals surface area contributed by atoms with Crippen molar-refractivity contribution < 1.29 is 4.74 Å². The van der Waals surface area contributed by atoms with Crippen molar-refractivity contribution in [3.8, 4) is 5.75 Å². The van der Waals surface area contributed by atoms with Gasteiger partial charge in [0.25, 0.3) is 0 Å². The number of guanidine groups is 1. The SMILES string of the molecule is CCNC(=NCc1ccc(OCc2ccccn2)cc1)NC(C)c1ccccc1. The molecule has 29 heavy (non-hydrogen) atoms. The van der Waals surface area contributed by atoms with E-state index in [9.17, 15) is 0 Å². The van der Waals surface area contributed by atoms with E-state index in [1.807, 2.05) is 48.5 Å². The molecule has 2 N–H and O–H groups in total. The molecule has 1 unspecified atom stereocenters. The molecule has 0 spiro atoms. The molecule has 0 saturated heterocycles. The van der Waals surface area contributed by atoms with E-state index < -0.39 is 0 Å². The zero-order valence-electron chi connectivity index (χ0n) is 17.0. The third kappa shape index (κ3) is 6.64. The van der Waals surface area contributed by atoms with E-state index in [0.717, 1.165) is 29.5 Å². The summed E-state index contributed by atoms with van der Waals surface area (Å²) in [6, 6.07) is 24.4. The highest BCUT2D eigenvalue weighted by Crippen LogP contribution is 2.15. The molecule has 0 aliphatic rings. The summed E-state index contributed by atoms with van der Waals surface area (Å²) >= 11 is 0. The second-order valence-electron chi connectivity index (χ2n) is 6.73. The highest BCUT2D eigenvalue weighted by Gasteiger charge is 2.07. The average molecular weight is 389 g/mol. The molecule has 150 valence electrons. The van der Waals surface area contributed by atoms with Gasteiger partial charge in [0, 0.05) is 12.7 Å². The molecular formula is C24H28N4O. The fourth-order valence-corrected chi connectivity index (χ4v) is 2.85. The number of nitrogens with one attached hydrogen (secondary N) is 2. The van der Waals surface area contributed by atoms with Crippen molar-refractivity contribution >= 4 is 5.96 Å². The van der Waals surface area contributed by atoms with Crippen LogP contribution in [0.2, 0.25) is 0 Å². The van der Waals surface area contributed by atoms with Gasteiger partial charge in [-0.05, 0) is 49.2 Å². The smallest absolute Gasteiger partial charge is 0.192 e. The van der Waals surface area contributed by atoms with Gasteiger partial charge in [0.15, 0.2) is 5.96 Å². The normalized spacial score (nSPS) is 12.3. The van der Waals surface area contributed by atoms with Crippen LogP contribution < -0.4 is 15.4 Å². The zero-order chi connectivity index (χ0) is 20.3. The number of nitrogens with zero attached hydrogens (tertiary/aromatic N) is 2. The van der Waals surface area contributed by atoms with Crippen LogP contribution in [0, 0.1) is 0 Å². The third-order valence-electron chi connectivity index (χ3n) is 4.45. The van der Waals surface area contributed by atoms with Crippen LogP contribution in [0.5, 0.6) is 5.75 Å². The van der Waals surface area contributed by atoms with Crippen LogP contribution in [0.3, 0.4) is 0 Å². The fourth-order valence-electron chi connectivity index (χ4n) is 2.85. The Bertz CT molecular complexity index is 880. The van der Waals surface area contributed by atoms with Gasteiger partial charge in [0.05, 0.1) is 18.3 Å². The lowest BCUT2D eigenvalue weighted by Crippen LogP contribution is -2.38. The maximum absolute atomic E-state index is 5.79. The first-order chi connectivity index (χ1) is 14.2. The Morgan fingerprint density at radius 3 is 2.45 bits per heavy atom. The molecule has 3 aromatic rings. The molecule has 5 heteroatoms. The monoisotopic (exact) mass is 388 g/mol. The number of pyridine rings is 1. The Balaban J connectivity index is 1.56. The lowest BCUT2D eigenvalue weighted by Gasteiger charge is -2.18. The first-order valence-electron chi connectivity index (χ1n) is 9.96. The molecule has 0 radical (unpaired) electrons. The van der Waals surface area contributed by atoms with Crippen LogP contribution in [0.4, 0.5) is 0 Å². The molecule has 0 saturated carbocycles. The lowest BCUT2D eigenvalue weighted by atomic mass is 10.1. The first-order valence-corrected chi connectivity index (χ1v) is 9.96. The standard InChI is InChI=1S/C24H28N4O/c1-3-25-24(28-19(2)21-9-5-4-6-10-21)27-17-20-12-14-23(15-13-20)29-18-22-11-7-8-16-26-22/h4-16,19H,3,17-18H2,1-2H3,(H2,25,27,28). The molecule has 1 heterocycles. The van der Waals surface area contributed by atoms with Crippen molar-refractivity contribution in [2.45, 2.75) is 33.0 Å². The maximum Gasteiger partial charge on any atom is 0.192 e. The minimum Gasteiger partial charge on any atom is -0.487 e. The highest BCUT2D eigenvalue weighted by atomic mass is 16.5. The molecule has 0 amide bonds. The number of rotatable bonds is 8. The van der Waals surface area contributed by atoms with E-state index in [0.29, 0.717) is 13.2 Å². The van der Waals surface area contributed by atoms with Crippen molar-refractivity contribution in [2.75, 3.05) is 6.54 Å². The van der Waals surface area contributed by atoms with Gasteiger partial charge in [-0.1, -0.05) is 48.5 Å². The summed E-state index contributed by atoms with van der Waals surface area (Å²) in [5.41, 5.74) is 3.27. The summed E-state index contributed by atoms with van der Waals surface area (Å²) < 4.78 is 5.79. The number of hydrogen-bond donors (Lipinski definition) is 2. The van der Waals surface area contributed by atoms with E-state index in [1.54, 1.807) is 6.20 Å². The molecule has 0 fully saturated rings. The maximum atomic E-state index is 5.79. The van der Waals surface area contributed by atoms with E-state index in [1.165, 1.54) is 5.56 Å². The molecule has 5 nitrogen and oxygen atoms in total. The molecular weight excluding hydrogens is 360 g/mol. The predicted molar refractivity (Wildman–Crippen MR) is 118 cm³/mol. The summed E-state index contributed by atoms with van der Waals surface area (Å²) in [5, 5.41) is 6.77. The summed E-state index contributed by atoms with van der Waals surface area (Å²) in [5.74, 6) is 1.63. The molecule has 3 rings (SSSR count). The summed E-state index contributed by atoms with van der Waals surface area (Å²) in [7, 11) is 0. The quantitative estimate of drug-likeness (QED) is 0.441. The van der Waals surface area contributed by atoms with Crippen LogP contribution in [-0.4, -0.2) is 17.5 Å². The lowest BCUT2D eigenvalue weighted by molar-refractivity contribution is 0.301. The van der Waals surface area contributed by atoms with Gasteiger partial charge in [-0.25, -0.2) is 4.99 Å². The molecule has 0 aliphatic carbocycles. The van der Waals surface area contributed by atoms with Gasteiger partial charge in [0.1, 0.15) is 12.4 Å². The fraction of sp³-hybridized carbons (Fsp3) is 0.250. The van der Waals surface area contributed by atoms with Crippen LogP contribution in [0.25, 0.3) is 0 Å². The zero-order valence-corrected chi connectivity index (χ0v) is 17.0. The van der Waals surface area contributed by atoms with Crippen molar-refractivity contribution in [2.24, 2.45) is 4.99 Å². The van der Waals surface area contributed by atoms with Crippen molar-refractivity contribution in [1.82, 2.24) is 15.6 Å². The number of aliphatic imine (C=N–C) groups is 1. The van der Waals surface area contributed by atoms with E-state index in [2.05, 4.69) is 53.7 Å². The number of hydrogen-bond acceptors (Lipinski definition) is 3. The number of benzene rings is 2. The van der Waals surface area contributed by atoms with Gasteiger partial charge < -0.3 is 15.4 Å².